The Morgan fingerprint density at radius 3 is 2.30 bits per heavy atom. The highest BCUT2D eigenvalue weighted by Gasteiger charge is 2.70. The lowest BCUT2D eigenvalue weighted by Crippen LogP contribution is -2.58. The molecule has 0 spiro atoms. The Morgan fingerprint density at radius 2 is 1.73 bits per heavy atom. The zero-order valence-corrected chi connectivity index (χ0v) is 22.5. The Labute approximate surface area is 227 Å². The number of carbonyl (C=O) groups excluding carboxylic acids is 4. The van der Waals surface area contributed by atoms with E-state index in [9.17, 15) is 37.7 Å². The van der Waals surface area contributed by atoms with Gasteiger partial charge < -0.3 is 19.1 Å². The Hall–Kier alpha value is -4.41. The summed E-state index contributed by atoms with van der Waals surface area (Å²) in [5, 5.41) is 17.0. The highest BCUT2D eigenvalue weighted by Crippen LogP contribution is 2.47. The van der Waals surface area contributed by atoms with Gasteiger partial charge in [-0.2, -0.15) is 0 Å². The fourth-order valence-electron chi connectivity index (χ4n) is 4.68. The summed E-state index contributed by atoms with van der Waals surface area (Å²) in [6.45, 7) is 3.13. The Morgan fingerprint density at radius 1 is 1.10 bits per heavy atom. The number of carbonyl (C=O) groups is 4. The van der Waals surface area contributed by atoms with Crippen LogP contribution in [0.1, 0.15) is 53.7 Å². The van der Waals surface area contributed by atoms with E-state index in [2.05, 4.69) is 10.3 Å². The van der Waals surface area contributed by atoms with Gasteiger partial charge in [0.1, 0.15) is 16.7 Å². The molecule has 2 fully saturated rings. The fourth-order valence-corrected chi connectivity index (χ4v) is 7.02. The summed E-state index contributed by atoms with van der Waals surface area (Å²) in [6.07, 6.45) is -0.347. The third-order valence-corrected chi connectivity index (χ3v) is 9.46. The third-order valence-electron chi connectivity index (χ3n) is 6.70. The van der Waals surface area contributed by atoms with Gasteiger partial charge in [-0.1, -0.05) is 5.21 Å². The molecule has 40 heavy (non-hydrogen) atoms. The minimum absolute atomic E-state index is 0.0402. The summed E-state index contributed by atoms with van der Waals surface area (Å²) >= 11 is 0. The number of nitro groups is 1. The van der Waals surface area contributed by atoms with Crippen LogP contribution < -0.4 is 0 Å². The molecule has 1 aromatic carbocycles. The number of esters is 3. The van der Waals surface area contributed by atoms with Crippen molar-refractivity contribution in [2.75, 3.05) is 13.2 Å². The van der Waals surface area contributed by atoms with Crippen LogP contribution in [0.15, 0.2) is 24.3 Å². The first-order chi connectivity index (χ1) is 18.9. The number of non-ortho nitro benzene ring substituents is 1. The maximum absolute atomic E-state index is 13.6. The van der Waals surface area contributed by atoms with Crippen molar-refractivity contribution in [2.24, 2.45) is 0 Å². The summed E-state index contributed by atoms with van der Waals surface area (Å²) in [5.74, 6) is -3.66. The first-order valence-corrected chi connectivity index (χ1v) is 13.6. The average Bonchev–Trinajstić information content (AvgIpc) is 3.37. The van der Waals surface area contributed by atoms with Gasteiger partial charge in [0, 0.05) is 12.1 Å². The molecule has 0 saturated carbocycles. The molecule has 2 aliphatic heterocycles. The second-order valence-electron chi connectivity index (χ2n) is 9.14. The molecule has 0 aliphatic carbocycles. The minimum atomic E-state index is -4.25. The number of fused-ring (bicyclic) bond motifs is 1. The third kappa shape index (κ3) is 4.65. The molecule has 3 atom stereocenters. The first-order valence-electron chi connectivity index (χ1n) is 12.1. The second kappa shape index (κ2) is 10.6. The number of β-lactam (4-membered cyclic amide) rings is 1. The van der Waals surface area contributed by atoms with Crippen LogP contribution in [0.4, 0.5) is 5.69 Å². The van der Waals surface area contributed by atoms with E-state index < -0.39 is 72.7 Å². The molecule has 1 aromatic heterocycles. The molecular formula is C23H25N5O11S. The van der Waals surface area contributed by atoms with Crippen LogP contribution in [0.2, 0.25) is 0 Å². The van der Waals surface area contributed by atoms with Gasteiger partial charge in [-0.25, -0.2) is 27.5 Å². The predicted molar refractivity (Wildman–Crippen MR) is 131 cm³/mol. The number of rotatable bonds is 10. The van der Waals surface area contributed by atoms with Gasteiger partial charge in [0.05, 0.1) is 31.1 Å². The molecular weight excluding hydrogens is 554 g/mol. The molecule has 2 saturated heterocycles. The number of nitrogens with zero attached hydrogens (tertiary/aromatic N) is 5. The average molecular weight is 580 g/mol. The van der Waals surface area contributed by atoms with Crippen LogP contribution in [0.3, 0.4) is 0 Å². The second-order valence-corrected chi connectivity index (χ2v) is 11.7. The van der Waals surface area contributed by atoms with E-state index in [1.54, 1.807) is 0 Å². The van der Waals surface area contributed by atoms with E-state index in [4.69, 9.17) is 14.2 Å². The SMILES string of the molecule is CCOC(=O)c1nnn(C[C@@]2(C)[C@H](C(=O)OCc3ccc([N+](=O)[O-])cc3)N3C(=O)C[C@@H]3S2(=O)=O)c1C(=O)OCC. The minimum Gasteiger partial charge on any atom is -0.461 e. The molecule has 4 rings (SSSR count). The van der Waals surface area contributed by atoms with E-state index in [1.807, 2.05) is 0 Å². The van der Waals surface area contributed by atoms with Gasteiger partial charge in [0.2, 0.25) is 11.6 Å². The summed E-state index contributed by atoms with van der Waals surface area (Å²) in [7, 11) is -4.25. The Bertz CT molecular complexity index is 1490. The van der Waals surface area contributed by atoms with Crippen molar-refractivity contribution in [2.45, 2.75) is 56.5 Å². The highest BCUT2D eigenvalue weighted by molar-refractivity contribution is 7.93. The van der Waals surface area contributed by atoms with Crippen molar-refractivity contribution >= 4 is 39.3 Å². The van der Waals surface area contributed by atoms with Crippen molar-refractivity contribution in [3.05, 3.63) is 51.3 Å². The van der Waals surface area contributed by atoms with Crippen LogP contribution in [0.25, 0.3) is 0 Å². The molecule has 0 N–H and O–H groups in total. The number of nitro benzene ring substituents is 1. The van der Waals surface area contributed by atoms with Crippen molar-refractivity contribution in [3.8, 4) is 0 Å². The van der Waals surface area contributed by atoms with Gasteiger partial charge in [-0.15, -0.1) is 5.10 Å². The van der Waals surface area contributed by atoms with Crippen LogP contribution in [0.5, 0.6) is 0 Å². The molecule has 2 aliphatic rings. The van der Waals surface area contributed by atoms with Gasteiger partial charge in [-0.3, -0.25) is 14.9 Å². The van der Waals surface area contributed by atoms with Crippen LogP contribution in [-0.4, -0.2) is 86.4 Å². The number of amides is 1. The maximum Gasteiger partial charge on any atom is 0.361 e. The van der Waals surface area contributed by atoms with E-state index >= 15 is 0 Å². The highest BCUT2D eigenvalue weighted by atomic mass is 32.2. The van der Waals surface area contributed by atoms with Gasteiger partial charge in [0.15, 0.2) is 21.6 Å². The van der Waals surface area contributed by atoms with Crippen molar-refractivity contribution in [3.63, 3.8) is 0 Å². The largest absolute Gasteiger partial charge is 0.461 e. The molecule has 214 valence electrons. The molecule has 1 amide bonds. The van der Waals surface area contributed by atoms with Crippen molar-refractivity contribution < 1.29 is 46.7 Å². The topological polar surface area (TPSA) is 207 Å². The van der Waals surface area contributed by atoms with E-state index in [0.717, 1.165) is 9.58 Å². The Kier molecular flexibility index (Phi) is 7.60. The molecule has 17 heteroatoms. The van der Waals surface area contributed by atoms with E-state index in [-0.39, 0.29) is 31.9 Å². The van der Waals surface area contributed by atoms with Crippen molar-refractivity contribution in [1.82, 2.24) is 19.9 Å². The van der Waals surface area contributed by atoms with Crippen LogP contribution in [-0.2, 0) is 46.8 Å². The molecule has 0 unspecified atom stereocenters. The summed E-state index contributed by atoms with van der Waals surface area (Å²) < 4.78 is 41.3. The van der Waals surface area contributed by atoms with Crippen LogP contribution >= 0.6 is 0 Å². The van der Waals surface area contributed by atoms with Gasteiger partial charge in [0.25, 0.3) is 5.69 Å². The zero-order chi connectivity index (χ0) is 29.4. The van der Waals surface area contributed by atoms with E-state index in [1.165, 1.54) is 45.0 Å². The normalized spacial score (nSPS) is 22.7. The zero-order valence-electron chi connectivity index (χ0n) is 21.6. The molecule has 0 radical (unpaired) electrons. The standard InChI is InChI=1S/C23H25N5O11S/c1-4-37-20(30)17-18(21(31)38-5-2)26(25-24-17)12-23(3)19(27-15(29)10-16(27)40(23,35)36)22(32)39-11-13-6-8-14(9-7-13)28(33)34/h6-9,16,19H,4-5,10-12H2,1-3H3/t16-,19-,23-/m0/s1. The van der Waals surface area contributed by atoms with Crippen LogP contribution in [0, 0.1) is 10.1 Å². The quantitative estimate of drug-likeness (QED) is 0.123. The fraction of sp³-hybridized carbons (Fsp3) is 0.478. The number of aromatic nitrogens is 3. The number of hydrogen-bond acceptors (Lipinski definition) is 13. The smallest absolute Gasteiger partial charge is 0.361 e. The maximum atomic E-state index is 13.6. The lowest BCUT2D eigenvalue weighted by Gasteiger charge is -2.36. The monoisotopic (exact) mass is 579 g/mol. The summed E-state index contributed by atoms with van der Waals surface area (Å²) in [6, 6.07) is 3.53. The van der Waals surface area contributed by atoms with Crippen molar-refractivity contribution in [1.29, 1.82) is 0 Å². The number of ether oxygens (including phenoxy) is 3. The predicted octanol–water partition coefficient (Wildman–Crippen LogP) is 0.397. The van der Waals surface area contributed by atoms with E-state index in [0.29, 0.717) is 5.56 Å². The molecule has 0 bridgehead atoms. The number of hydrogen-bond donors (Lipinski definition) is 0. The molecule has 16 nitrogen and oxygen atoms in total. The summed E-state index contributed by atoms with van der Waals surface area (Å²) in [4.78, 5) is 62.2. The number of sulfone groups is 1. The first kappa shape index (κ1) is 28.6. The van der Waals surface area contributed by atoms with Gasteiger partial charge in [-0.05, 0) is 38.5 Å². The molecule has 3 heterocycles. The Balaban J connectivity index is 1.69. The number of benzene rings is 1. The lowest BCUT2D eigenvalue weighted by atomic mass is 9.96. The lowest BCUT2D eigenvalue weighted by molar-refractivity contribution is -0.384. The summed E-state index contributed by atoms with van der Waals surface area (Å²) in [5.41, 5.74) is -0.773. The molecule has 2 aromatic rings. The van der Waals surface area contributed by atoms with Gasteiger partial charge >= 0.3 is 17.9 Å².